The van der Waals surface area contributed by atoms with Crippen molar-refractivity contribution in [3.8, 4) is 5.75 Å². The number of ether oxygens (including phenoxy) is 2. The van der Waals surface area contributed by atoms with Gasteiger partial charge in [-0.2, -0.15) is 13.2 Å². The highest BCUT2D eigenvalue weighted by Gasteiger charge is 2.27. The Bertz CT molecular complexity index is 1280. The zero-order valence-electron chi connectivity index (χ0n) is 19.0. The standard InChI is InChI=1S/C26H24F3N3O3/c1-18-3-2-12-32-14-22(31-24(18)32)16-35-23-10-8-21(9-11-23)25(33)30-13-19-4-6-20(7-5-19)15-34-17-26(27,28)29/h2-12,14H,13,15-17H2,1H3,(H,30,33). The third-order valence-electron chi connectivity index (χ3n) is 5.24. The number of halogens is 3. The number of hydrogen-bond acceptors (Lipinski definition) is 4. The summed E-state index contributed by atoms with van der Waals surface area (Å²) in [6.45, 7) is 1.19. The van der Waals surface area contributed by atoms with Gasteiger partial charge < -0.3 is 19.2 Å². The van der Waals surface area contributed by atoms with Crippen molar-refractivity contribution in [3.05, 3.63) is 101 Å². The quantitative estimate of drug-likeness (QED) is 0.354. The Morgan fingerprint density at radius 2 is 1.71 bits per heavy atom. The van der Waals surface area contributed by atoms with Crippen LogP contribution in [0.3, 0.4) is 0 Å². The van der Waals surface area contributed by atoms with Gasteiger partial charge in [0.05, 0.1) is 12.3 Å². The van der Waals surface area contributed by atoms with E-state index in [9.17, 15) is 18.0 Å². The lowest BCUT2D eigenvalue weighted by atomic mass is 10.1. The molecule has 2 aromatic heterocycles. The zero-order valence-corrected chi connectivity index (χ0v) is 19.0. The second-order valence-electron chi connectivity index (χ2n) is 8.07. The predicted octanol–water partition coefficient (Wildman–Crippen LogP) is 5.23. The van der Waals surface area contributed by atoms with E-state index < -0.39 is 12.8 Å². The average molecular weight is 483 g/mol. The van der Waals surface area contributed by atoms with Gasteiger partial charge in [0.15, 0.2) is 0 Å². The van der Waals surface area contributed by atoms with Crippen LogP contribution in [0.25, 0.3) is 5.65 Å². The first kappa shape index (κ1) is 24.3. The number of pyridine rings is 1. The van der Waals surface area contributed by atoms with Crippen LogP contribution in [-0.4, -0.2) is 28.1 Å². The predicted molar refractivity (Wildman–Crippen MR) is 124 cm³/mol. The van der Waals surface area contributed by atoms with Crippen LogP contribution in [0.5, 0.6) is 5.75 Å². The van der Waals surface area contributed by atoms with Crippen LogP contribution >= 0.6 is 0 Å². The third-order valence-corrected chi connectivity index (χ3v) is 5.24. The Balaban J connectivity index is 1.24. The van der Waals surface area contributed by atoms with Crippen molar-refractivity contribution in [2.45, 2.75) is 32.9 Å². The molecule has 0 atom stereocenters. The highest BCUT2D eigenvalue weighted by Crippen LogP contribution is 2.17. The molecule has 0 saturated carbocycles. The van der Waals surface area contributed by atoms with E-state index in [4.69, 9.17) is 4.74 Å². The number of nitrogens with one attached hydrogen (secondary N) is 1. The molecule has 2 heterocycles. The van der Waals surface area contributed by atoms with Gasteiger partial charge in [0, 0.05) is 24.5 Å². The van der Waals surface area contributed by atoms with Gasteiger partial charge in [-0.15, -0.1) is 0 Å². The van der Waals surface area contributed by atoms with E-state index in [-0.39, 0.29) is 19.1 Å². The van der Waals surface area contributed by atoms with E-state index in [1.54, 1.807) is 48.5 Å². The minimum atomic E-state index is -4.34. The zero-order chi connectivity index (χ0) is 24.8. The van der Waals surface area contributed by atoms with Crippen molar-refractivity contribution < 1.29 is 27.4 Å². The average Bonchev–Trinajstić information content (AvgIpc) is 3.26. The summed E-state index contributed by atoms with van der Waals surface area (Å²) in [4.78, 5) is 17.0. The molecule has 4 aromatic rings. The van der Waals surface area contributed by atoms with Gasteiger partial charge in [0.2, 0.25) is 0 Å². The lowest BCUT2D eigenvalue weighted by Crippen LogP contribution is -2.22. The summed E-state index contributed by atoms with van der Waals surface area (Å²) in [6, 6.07) is 17.6. The summed E-state index contributed by atoms with van der Waals surface area (Å²) < 4.78 is 48.8. The van der Waals surface area contributed by atoms with Gasteiger partial charge >= 0.3 is 6.18 Å². The molecule has 0 saturated heterocycles. The topological polar surface area (TPSA) is 64.9 Å². The molecule has 0 aliphatic carbocycles. The Labute approximate surface area is 200 Å². The van der Waals surface area contributed by atoms with E-state index >= 15 is 0 Å². The number of amides is 1. The molecule has 1 amide bonds. The number of fused-ring (bicyclic) bond motifs is 1. The van der Waals surface area contributed by atoms with Crippen molar-refractivity contribution in [2.75, 3.05) is 6.61 Å². The molecule has 0 unspecified atom stereocenters. The number of nitrogens with zero attached hydrogens (tertiary/aromatic N) is 2. The van der Waals surface area contributed by atoms with Gasteiger partial charge in [-0.05, 0) is 53.9 Å². The number of benzene rings is 2. The number of hydrogen-bond donors (Lipinski definition) is 1. The molecule has 4 rings (SSSR count). The summed E-state index contributed by atoms with van der Waals surface area (Å²) in [6.07, 6.45) is -0.483. The number of alkyl halides is 3. The first-order valence-corrected chi connectivity index (χ1v) is 10.9. The fraction of sp³-hybridized carbons (Fsp3) is 0.231. The summed E-state index contributed by atoms with van der Waals surface area (Å²) in [7, 11) is 0. The lowest BCUT2D eigenvalue weighted by molar-refractivity contribution is -0.176. The van der Waals surface area contributed by atoms with Crippen LogP contribution < -0.4 is 10.1 Å². The van der Waals surface area contributed by atoms with Gasteiger partial charge in [-0.25, -0.2) is 4.98 Å². The highest BCUT2D eigenvalue weighted by atomic mass is 19.4. The van der Waals surface area contributed by atoms with Crippen LogP contribution in [0.1, 0.15) is 32.7 Å². The van der Waals surface area contributed by atoms with Crippen molar-refractivity contribution >= 4 is 11.6 Å². The molecule has 182 valence electrons. The molecule has 0 radical (unpaired) electrons. The minimum Gasteiger partial charge on any atom is -0.487 e. The van der Waals surface area contributed by atoms with E-state index in [1.165, 1.54) is 0 Å². The molecular formula is C26H24F3N3O3. The molecule has 0 aliphatic heterocycles. The van der Waals surface area contributed by atoms with Gasteiger partial charge in [0.25, 0.3) is 5.91 Å². The van der Waals surface area contributed by atoms with Gasteiger partial charge in [0.1, 0.15) is 24.6 Å². The number of imidazole rings is 1. The lowest BCUT2D eigenvalue weighted by Gasteiger charge is -2.09. The van der Waals surface area contributed by atoms with Crippen molar-refractivity contribution in [1.82, 2.24) is 14.7 Å². The number of aryl methyl sites for hydroxylation is 1. The second kappa shape index (κ2) is 10.6. The Hall–Kier alpha value is -3.85. The Morgan fingerprint density at radius 3 is 2.40 bits per heavy atom. The van der Waals surface area contributed by atoms with Gasteiger partial charge in [-0.3, -0.25) is 4.79 Å². The largest absolute Gasteiger partial charge is 0.487 e. The maximum absolute atomic E-state index is 12.5. The summed E-state index contributed by atoms with van der Waals surface area (Å²) in [5.41, 5.74) is 4.71. The van der Waals surface area contributed by atoms with E-state index in [1.807, 2.05) is 35.9 Å². The van der Waals surface area contributed by atoms with Crippen molar-refractivity contribution in [1.29, 1.82) is 0 Å². The van der Waals surface area contributed by atoms with E-state index in [0.717, 1.165) is 22.5 Å². The summed E-state index contributed by atoms with van der Waals surface area (Å²) in [5, 5.41) is 2.82. The van der Waals surface area contributed by atoms with E-state index in [0.29, 0.717) is 23.5 Å². The SMILES string of the molecule is Cc1cccn2cc(COc3ccc(C(=O)NCc4ccc(COCC(F)(F)F)cc4)cc3)nc12. The summed E-state index contributed by atoms with van der Waals surface area (Å²) >= 11 is 0. The molecule has 0 fully saturated rings. The number of aromatic nitrogens is 2. The molecular weight excluding hydrogens is 459 g/mol. The molecule has 6 nitrogen and oxygen atoms in total. The van der Waals surface area contributed by atoms with E-state index in [2.05, 4.69) is 15.0 Å². The molecule has 0 aliphatic rings. The Morgan fingerprint density at radius 1 is 1.00 bits per heavy atom. The fourth-order valence-electron chi connectivity index (χ4n) is 3.46. The third kappa shape index (κ3) is 6.83. The Kier molecular flexibility index (Phi) is 7.36. The maximum atomic E-state index is 12.5. The number of carbonyl (C=O) groups excluding carboxylic acids is 1. The monoisotopic (exact) mass is 483 g/mol. The number of carbonyl (C=O) groups is 1. The first-order chi connectivity index (χ1) is 16.8. The molecule has 35 heavy (non-hydrogen) atoms. The minimum absolute atomic E-state index is 0.128. The van der Waals surface area contributed by atoms with Crippen LogP contribution in [0.15, 0.2) is 73.1 Å². The molecule has 1 N–H and O–H groups in total. The first-order valence-electron chi connectivity index (χ1n) is 10.9. The highest BCUT2D eigenvalue weighted by molar-refractivity contribution is 5.94. The van der Waals surface area contributed by atoms with Crippen LogP contribution in [0, 0.1) is 6.92 Å². The van der Waals surface area contributed by atoms with Gasteiger partial charge in [-0.1, -0.05) is 30.3 Å². The van der Waals surface area contributed by atoms with Crippen LogP contribution in [0.2, 0.25) is 0 Å². The maximum Gasteiger partial charge on any atom is 0.411 e. The smallest absolute Gasteiger partial charge is 0.411 e. The van der Waals surface area contributed by atoms with Crippen LogP contribution in [-0.2, 0) is 24.5 Å². The summed E-state index contributed by atoms with van der Waals surface area (Å²) in [5.74, 6) is 0.378. The van der Waals surface area contributed by atoms with Crippen molar-refractivity contribution in [3.63, 3.8) is 0 Å². The molecule has 0 bridgehead atoms. The molecule has 2 aromatic carbocycles. The number of rotatable bonds is 9. The fourth-order valence-corrected chi connectivity index (χ4v) is 3.46. The molecule has 0 spiro atoms. The van der Waals surface area contributed by atoms with Crippen LogP contribution in [0.4, 0.5) is 13.2 Å². The normalized spacial score (nSPS) is 11.5. The molecule has 9 heteroatoms. The second-order valence-corrected chi connectivity index (χ2v) is 8.07. The van der Waals surface area contributed by atoms with Crippen molar-refractivity contribution in [2.24, 2.45) is 0 Å².